The van der Waals surface area contributed by atoms with Crippen LogP contribution in [0.2, 0.25) is 0 Å². The lowest BCUT2D eigenvalue weighted by molar-refractivity contribution is -0.135. The number of nitrogens with one attached hydrogen (secondary N) is 2. The molecule has 0 aliphatic heterocycles. The van der Waals surface area contributed by atoms with Crippen LogP contribution in [0.3, 0.4) is 0 Å². The molecule has 1 aliphatic carbocycles. The van der Waals surface area contributed by atoms with Gasteiger partial charge in [0, 0.05) is 11.3 Å². The van der Waals surface area contributed by atoms with Crippen LogP contribution in [0.1, 0.15) is 32.5 Å². The summed E-state index contributed by atoms with van der Waals surface area (Å²) in [5.74, 6) is -1.74. The molecule has 158 valence electrons. The summed E-state index contributed by atoms with van der Waals surface area (Å²) in [6, 6.07) is 16.2. The molecule has 1 aromatic heterocycles. The number of carbonyl (C=O) groups is 3. The number of carboxylic acid groups (broad SMARTS) is 1. The van der Waals surface area contributed by atoms with E-state index in [2.05, 4.69) is 27.8 Å². The van der Waals surface area contributed by atoms with Gasteiger partial charge in [-0.25, -0.2) is 9.78 Å². The Balaban J connectivity index is 1.32. The van der Waals surface area contributed by atoms with Gasteiger partial charge < -0.3 is 20.5 Å². The van der Waals surface area contributed by atoms with E-state index in [0.29, 0.717) is 5.01 Å². The third-order valence-electron chi connectivity index (χ3n) is 4.91. The monoisotopic (exact) mass is 437 g/mol. The van der Waals surface area contributed by atoms with Crippen LogP contribution < -0.4 is 10.6 Å². The van der Waals surface area contributed by atoms with Gasteiger partial charge in [0.15, 0.2) is 0 Å². The SMILES string of the molecule is O=C(O)CNC(=O)c1csc(CNC(=O)OCC2c3ccccc3-c3ccccc32)n1. The predicted octanol–water partition coefficient (Wildman–Crippen LogP) is 3.00. The Morgan fingerprint density at radius 1 is 1.00 bits per heavy atom. The van der Waals surface area contributed by atoms with Gasteiger partial charge >= 0.3 is 12.1 Å². The number of ether oxygens (including phenoxy) is 1. The Labute approximate surface area is 181 Å². The van der Waals surface area contributed by atoms with E-state index in [1.807, 2.05) is 36.4 Å². The standard InChI is InChI=1S/C22H19N3O5S/c26-20(27)10-23-21(28)18-12-31-19(25-18)9-24-22(29)30-11-17-15-7-3-1-5-13(15)14-6-2-4-8-16(14)17/h1-8,12,17H,9-11H2,(H,23,28)(H,24,29)(H,26,27). The highest BCUT2D eigenvalue weighted by molar-refractivity contribution is 7.09. The molecule has 8 nitrogen and oxygen atoms in total. The molecule has 0 atom stereocenters. The van der Waals surface area contributed by atoms with E-state index in [0.717, 1.165) is 22.3 Å². The molecule has 0 bridgehead atoms. The number of rotatable bonds is 7. The molecule has 2 amide bonds. The molecule has 0 spiro atoms. The number of fused-ring (bicyclic) bond motifs is 3. The van der Waals surface area contributed by atoms with Crippen LogP contribution >= 0.6 is 11.3 Å². The maximum atomic E-state index is 12.2. The third kappa shape index (κ3) is 4.56. The molecular formula is C22H19N3O5S. The van der Waals surface area contributed by atoms with E-state index in [-0.39, 0.29) is 24.8 Å². The number of hydrogen-bond acceptors (Lipinski definition) is 6. The zero-order chi connectivity index (χ0) is 21.8. The van der Waals surface area contributed by atoms with Crippen molar-refractivity contribution in [1.29, 1.82) is 0 Å². The molecule has 3 aromatic rings. The Morgan fingerprint density at radius 2 is 1.65 bits per heavy atom. The summed E-state index contributed by atoms with van der Waals surface area (Å²) < 4.78 is 5.46. The van der Waals surface area contributed by atoms with Crippen molar-refractivity contribution >= 4 is 29.3 Å². The fourth-order valence-corrected chi connectivity index (χ4v) is 4.25. The number of amides is 2. The first-order chi connectivity index (χ1) is 15.0. The van der Waals surface area contributed by atoms with Crippen molar-refractivity contribution in [2.24, 2.45) is 0 Å². The number of carboxylic acids is 1. The molecule has 0 saturated carbocycles. The number of benzene rings is 2. The van der Waals surface area contributed by atoms with Crippen LogP contribution in [-0.2, 0) is 16.1 Å². The molecular weight excluding hydrogens is 418 g/mol. The summed E-state index contributed by atoms with van der Waals surface area (Å²) in [6.45, 7) is -0.169. The van der Waals surface area contributed by atoms with Crippen molar-refractivity contribution in [3.63, 3.8) is 0 Å². The highest BCUT2D eigenvalue weighted by Gasteiger charge is 2.29. The molecule has 4 rings (SSSR count). The first-order valence-corrected chi connectivity index (χ1v) is 10.4. The van der Waals surface area contributed by atoms with Crippen molar-refractivity contribution in [3.8, 4) is 11.1 Å². The molecule has 31 heavy (non-hydrogen) atoms. The van der Waals surface area contributed by atoms with Crippen molar-refractivity contribution in [2.75, 3.05) is 13.2 Å². The second-order valence-electron chi connectivity index (χ2n) is 6.88. The Bertz CT molecular complexity index is 1100. The molecule has 9 heteroatoms. The molecule has 1 heterocycles. The van der Waals surface area contributed by atoms with Gasteiger partial charge in [-0.1, -0.05) is 48.5 Å². The van der Waals surface area contributed by atoms with Crippen LogP contribution in [0.15, 0.2) is 53.9 Å². The fraction of sp³-hybridized carbons (Fsp3) is 0.182. The van der Waals surface area contributed by atoms with E-state index in [1.54, 1.807) is 0 Å². The van der Waals surface area contributed by atoms with Crippen LogP contribution in [0.5, 0.6) is 0 Å². The third-order valence-corrected chi connectivity index (χ3v) is 5.76. The molecule has 0 saturated heterocycles. The highest BCUT2D eigenvalue weighted by atomic mass is 32.1. The second-order valence-corrected chi connectivity index (χ2v) is 7.82. The average Bonchev–Trinajstić information content (AvgIpc) is 3.38. The van der Waals surface area contributed by atoms with Gasteiger partial charge in [-0.2, -0.15) is 0 Å². The number of hydrogen-bond donors (Lipinski definition) is 3. The molecule has 1 aliphatic rings. The minimum Gasteiger partial charge on any atom is -0.480 e. The van der Waals surface area contributed by atoms with Crippen LogP contribution in [0.4, 0.5) is 4.79 Å². The summed E-state index contributed by atoms with van der Waals surface area (Å²) in [5.41, 5.74) is 4.68. The van der Waals surface area contributed by atoms with E-state index in [9.17, 15) is 14.4 Å². The van der Waals surface area contributed by atoms with Crippen molar-refractivity contribution in [3.05, 3.63) is 75.7 Å². The van der Waals surface area contributed by atoms with Gasteiger partial charge in [0.25, 0.3) is 5.91 Å². The summed E-state index contributed by atoms with van der Waals surface area (Å²) >= 11 is 1.19. The first-order valence-electron chi connectivity index (χ1n) is 9.56. The van der Waals surface area contributed by atoms with E-state index in [4.69, 9.17) is 9.84 Å². The van der Waals surface area contributed by atoms with Crippen LogP contribution in [0, 0.1) is 0 Å². The summed E-state index contributed by atoms with van der Waals surface area (Å²) in [5, 5.41) is 15.5. The summed E-state index contributed by atoms with van der Waals surface area (Å²) in [7, 11) is 0. The zero-order valence-electron chi connectivity index (χ0n) is 16.3. The minimum absolute atomic E-state index is 0.0254. The van der Waals surface area contributed by atoms with Gasteiger partial charge in [0.05, 0.1) is 6.54 Å². The van der Waals surface area contributed by atoms with Gasteiger partial charge in [-0.15, -0.1) is 11.3 Å². The highest BCUT2D eigenvalue weighted by Crippen LogP contribution is 2.44. The fourth-order valence-electron chi connectivity index (χ4n) is 3.54. The lowest BCUT2D eigenvalue weighted by Gasteiger charge is -2.14. The lowest BCUT2D eigenvalue weighted by Crippen LogP contribution is -2.29. The van der Waals surface area contributed by atoms with Crippen LogP contribution in [-0.4, -0.2) is 41.2 Å². The minimum atomic E-state index is -1.14. The quantitative estimate of drug-likeness (QED) is 0.523. The first kappa shape index (κ1) is 20.5. The molecule has 3 N–H and O–H groups in total. The number of alkyl carbamates (subject to hydrolysis) is 1. The molecule has 0 fully saturated rings. The number of carbonyl (C=O) groups excluding carboxylic acids is 2. The Kier molecular flexibility index (Phi) is 5.94. The van der Waals surface area contributed by atoms with Gasteiger partial charge in [-0.3, -0.25) is 9.59 Å². The molecule has 0 unspecified atom stereocenters. The largest absolute Gasteiger partial charge is 0.480 e. The average molecular weight is 437 g/mol. The maximum Gasteiger partial charge on any atom is 0.407 e. The number of thiazole rings is 1. The Hall–Kier alpha value is -3.72. The topological polar surface area (TPSA) is 118 Å². The number of nitrogens with zero attached hydrogens (tertiary/aromatic N) is 1. The van der Waals surface area contributed by atoms with Crippen molar-refractivity contribution in [1.82, 2.24) is 15.6 Å². The normalized spacial score (nSPS) is 12.0. The van der Waals surface area contributed by atoms with Crippen molar-refractivity contribution < 1.29 is 24.2 Å². The van der Waals surface area contributed by atoms with Crippen molar-refractivity contribution in [2.45, 2.75) is 12.5 Å². The molecule has 0 radical (unpaired) electrons. The van der Waals surface area contributed by atoms with Gasteiger partial charge in [0.2, 0.25) is 0 Å². The van der Waals surface area contributed by atoms with E-state index < -0.39 is 24.5 Å². The van der Waals surface area contributed by atoms with E-state index >= 15 is 0 Å². The predicted molar refractivity (Wildman–Crippen MR) is 114 cm³/mol. The lowest BCUT2D eigenvalue weighted by atomic mass is 9.98. The van der Waals surface area contributed by atoms with Crippen LogP contribution in [0.25, 0.3) is 11.1 Å². The molecule has 2 aromatic carbocycles. The summed E-state index contributed by atoms with van der Waals surface area (Å²) in [4.78, 5) is 38.6. The second kappa shape index (κ2) is 8.97. The number of aliphatic carboxylic acids is 1. The smallest absolute Gasteiger partial charge is 0.407 e. The van der Waals surface area contributed by atoms with E-state index in [1.165, 1.54) is 16.7 Å². The summed E-state index contributed by atoms with van der Waals surface area (Å²) in [6.07, 6.45) is -0.575. The number of aromatic nitrogens is 1. The zero-order valence-corrected chi connectivity index (χ0v) is 17.1. The maximum absolute atomic E-state index is 12.2. The van der Waals surface area contributed by atoms with Gasteiger partial charge in [0.1, 0.15) is 23.9 Å². The Morgan fingerprint density at radius 3 is 2.29 bits per heavy atom. The van der Waals surface area contributed by atoms with Gasteiger partial charge in [-0.05, 0) is 22.3 Å².